The Labute approximate surface area is 133 Å². The highest BCUT2D eigenvalue weighted by molar-refractivity contribution is 5.50. The molecule has 2 aliphatic rings. The zero-order valence-corrected chi connectivity index (χ0v) is 13.8. The highest BCUT2D eigenvalue weighted by Gasteiger charge is 2.39. The van der Waals surface area contributed by atoms with Crippen LogP contribution >= 0.6 is 0 Å². The van der Waals surface area contributed by atoms with Crippen LogP contribution in [0.5, 0.6) is 11.5 Å². The van der Waals surface area contributed by atoms with Gasteiger partial charge in [0.15, 0.2) is 11.5 Å². The second-order valence-corrected chi connectivity index (χ2v) is 6.65. The topological polar surface area (TPSA) is 30.5 Å². The molecule has 1 heterocycles. The molecule has 3 heteroatoms. The monoisotopic (exact) mass is 301 g/mol. The molecular formula is C19H27NO2. The van der Waals surface area contributed by atoms with Gasteiger partial charge in [-0.1, -0.05) is 25.3 Å². The number of fused-ring (bicyclic) bond motifs is 1. The molecule has 1 aliphatic carbocycles. The van der Waals surface area contributed by atoms with Crippen molar-refractivity contribution in [2.45, 2.75) is 56.5 Å². The van der Waals surface area contributed by atoms with E-state index in [-0.39, 0.29) is 5.54 Å². The summed E-state index contributed by atoms with van der Waals surface area (Å²) >= 11 is 0. The summed E-state index contributed by atoms with van der Waals surface area (Å²) in [5, 5.41) is 3.95. The Kier molecular flexibility index (Phi) is 4.44. The minimum Gasteiger partial charge on any atom is -0.493 e. The number of methoxy groups -OCH3 is 2. The Morgan fingerprint density at radius 2 is 1.86 bits per heavy atom. The van der Waals surface area contributed by atoms with Crippen LogP contribution in [0.15, 0.2) is 24.8 Å². The fourth-order valence-electron chi connectivity index (χ4n) is 4.18. The largest absolute Gasteiger partial charge is 0.493 e. The van der Waals surface area contributed by atoms with E-state index in [0.717, 1.165) is 24.3 Å². The van der Waals surface area contributed by atoms with Crippen molar-refractivity contribution >= 4 is 0 Å². The van der Waals surface area contributed by atoms with Gasteiger partial charge in [0.25, 0.3) is 0 Å². The maximum Gasteiger partial charge on any atom is 0.161 e. The molecule has 1 fully saturated rings. The first kappa shape index (κ1) is 15.4. The van der Waals surface area contributed by atoms with Crippen molar-refractivity contribution in [2.24, 2.45) is 0 Å². The molecule has 0 amide bonds. The highest BCUT2D eigenvalue weighted by Crippen LogP contribution is 2.43. The summed E-state index contributed by atoms with van der Waals surface area (Å²) in [5.41, 5.74) is 3.01. The van der Waals surface area contributed by atoms with Gasteiger partial charge in [-0.3, -0.25) is 0 Å². The predicted octanol–water partition coefficient (Wildman–Crippen LogP) is 4.17. The maximum atomic E-state index is 5.51. The van der Waals surface area contributed by atoms with Gasteiger partial charge in [-0.05, 0) is 48.9 Å². The zero-order valence-electron chi connectivity index (χ0n) is 13.8. The Balaban J connectivity index is 2.02. The number of rotatable bonds is 4. The molecule has 1 aromatic carbocycles. The average Bonchev–Trinajstić information content (AvgIpc) is 2.54. The molecule has 1 spiro atoms. The van der Waals surface area contributed by atoms with Crippen molar-refractivity contribution < 1.29 is 9.47 Å². The second-order valence-electron chi connectivity index (χ2n) is 6.65. The van der Waals surface area contributed by atoms with Crippen molar-refractivity contribution in [2.75, 3.05) is 14.2 Å². The summed E-state index contributed by atoms with van der Waals surface area (Å²) in [6, 6.07) is 4.66. The zero-order chi connectivity index (χ0) is 15.6. The molecule has 1 N–H and O–H groups in total. The van der Waals surface area contributed by atoms with Crippen LogP contribution in [0.3, 0.4) is 0 Å². The SMILES string of the molecule is C=CC[C@H]1NC2(CCCCC2)Cc2cc(OC)c(OC)cc21. The lowest BCUT2D eigenvalue weighted by atomic mass is 9.72. The van der Waals surface area contributed by atoms with Gasteiger partial charge < -0.3 is 14.8 Å². The van der Waals surface area contributed by atoms with Gasteiger partial charge in [-0.25, -0.2) is 0 Å². The average molecular weight is 301 g/mol. The molecule has 0 bridgehead atoms. The molecule has 0 unspecified atom stereocenters. The van der Waals surface area contributed by atoms with Crippen molar-refractivity contribution in [3.05, 3.63) is 35.9 Å². The lowest BCUT2D eigenvalue weighted by Gasteiger charge is -2.46. The first-order valence-electron chi connectivity index (χ1n) is 8.35. The van der Waals surface area contributed by atoms with Crippen LogP contribution in [0, 0.1) is 0 Å². The molecule has 0 radical (unpaired) electrons. The van der Waals surface area contributed by atoms with Crippen LogP contribution in [0.2, 0.25) is 0 Å². The molecule has 1 aromatic rings. The first-order chi connectivity index (χ1) is 10.7. The molecule has 0 aromatic heterocycles. The van der Waals surface area contributed by atoms with Gasteiger partial charge in [0.2, 0.25) is 0 Å². The van der Waals surface area contributed by atoms with Gasteiger partial charge in [-0.2, -0.15) is 0 Å². The molecule has 22 heavy (non-hydrogen) atoms. The van der Waals surface area contributed by atoms with Crippen LogP contribution in [0.1, 0.15) is 55.7 Å². The van der Waals surface area contributed by atoms with Gasteiger partial charge >= 0.3 is 0 Å². The lowest BCUT2D eigenvalue weighted by Crippen LogP contribution is -2.53. The second kappa shape index (κ2) is 6.33. The fourth-order valence-corrected chi connectivity index (χ4v) is 4.18. The van der Waals surface area contributed by atoms with Crippen molar-refractivity contribution in [1.29, 1.82) is 0 Å². The molecule has 0 saturated heterocycles. The Bertz CT molecular complexity index is 547. The Morgan fingerprint density at radius 3 is 2.50 bits per heavy atom. The van der Waals surface area contributed by atoms with Crippen LogP contribution in [0.25, 0.3) is 0 Å². The van der Waals surface area contributed by atoms with Crippen LogP contribution in [0.4, 0.5) is 0 Å². The minimum absolute atomic E-state index is 0.262. The number of hydrogen-bond donors (Lipinski definition) is 1. The molecule has 3 nitrogen and oxygen atoms in total. The van der Waals surface area contributed by atoms with Gasteiger partial charge in [-0.15, -0.1) is 6.58 Å². The molecule has 120 valence electrons. The third-order valence-electron chi connectivity index (χ3n) is 5.24. The summed E-state index contributed by atoms with van der Waals surface area (Å²) in [7, 11) is 3.41. The fraction of sp³-hybridized carbons (Fsp3) is 0.579. The normalized spacial score (nSPS) is 22.9. The van der Waals surface area contributed by atoms with Gasteiger partial charge in [0.05, 0.1) is 14.2 Å². The van der Waals surface area contributed by atoms with E-state index in [4.69, 9.17) is 9.47 Å². The number of nitrogens with one attached hydrogen (secondary N) is 1. The summed E-state index contributed by atoms with van der Waals surface area (Å²) in [6.45, 7) is 3.94. The van der Waals surface area contributed by atoms with Crippen LogP contribution < -0.4 is 14.8 Å². The number of hydrogen-bond acceptors (Lipinski definition) is 3. The number of benzene rings is 1. The van der Waals surface area contributed by atoms with E-state index >= 15 is 0 Å². The summed E-state index contributed by atoms with van der Waals surface area (Å²) in [4.78, 5) is 0. The van der Waals surface area contributed by atoms with E-state index in [2.05, 4.69) is 24.0 Å². The van der Waals surface area contributed by atoms with E-state index in [9.17, 15) is 0 Å². The molecular weight excluding hydrogens is 274 g/mol. The van der Waals surface area contributed by atoms with Gasteiger partial charge in [0, 0.05) is 11.6 Å². The lowest BCUT2D eigenvalue weighted by molar-refractivity contribution is 0.190. The molecule has 1 saturated carbocycles. The summed E-state index contributed by atoms with van der Waals surface area (Å²) in [6.07, 6.45) is 10.6. The third kappa shape index (κ3) is 2.74. The van der Waals surface area contributed by atoms with E-state index in [1.807, 2.05) is 6.08 Å². The molecule has 3 rings (SSSR count). The van der Waals surface area contributed by atoms with E-state index in [1.165, 1.54) is 43.2 Å². The minimum atomic E-state index is 0.262. The quantitative estimate of drug-likeness (QED) is 0.847. The standard InChI is InChI=1S/C19H27NO2/c1-4-8-16-15-12-18(22-3)17(21-2)11-14(15)13-19(20-16)9-6-5-7-10-19/h4,11-12,16,20H,1,5-10,13H2,2-3H3/t16-/m1/s1. The Hall–Kier alpha value is -1.48. The smallest absolute Gasteiger partial charge is 0.161 e. The van der Waals surface area contributed by atoms with E-state index in [0.29, 0.717) is 6.04 Å². The van der Waals surface area contributed by atoms with Crippen LogP contribution in [-0.4, -0.2) is 19.8 Å². The van der Waals surface area contributed by atoms with Crippen molar-refractivity contribution in [3.63, 3.8) is 0 Å². The summed E-state index contributed by atoms with van der Waals surface area (Å²) in [5.74, 6) is 1.66. The molecule has 1 atom stereocenters. The Morgan fingerprint density at radius 1 is 1.18 bits per heavy atom. The first-order valence-corrected chi connectivity index (χ1v) is 8.35. The predicted molar refractivity (Wildman–Crippen MR) is 89.8 cm³/mol. The van der Waals surface area contributed by atoms with Crippen molar-refractivity contribution in [1.82, 2.24) is 5.32 Å². The van der Waals surface area contributed by atoms with E-state index in [1.54, 1.807) is 14.2 Å². The van der Waals surface area contributed by atoms with E-state index < -0.39 is 0 Å². The van der Waals surface area contributed by atoms with Crippen LogP contribution in [-0.2, 0) is 6.42 Å². The van der Waals surface area contributed by atoms with Gasteiger partial charge in [0.1, 0.15) is 0 Å². The van der Waals surface area contributed by atoms with Crippen molar-refractivity contribution in [3.8, 4) is 11.5 Å². The number of ether oxygens (including phenoxy) is 2. The summed E-state index contributed by atoms with van der Waals surface area (Å²) < 4.78 is 11.0. The highest BCUT2D eigenvalue weighted by atomic mass is 16.5. The maximum absolute atomic E-state index is 5.51. The third-order valence-corrected chi connectivity index (χ3v) is 5.24. The molecule has 1 aliphatic heterocycles.